The molecule has 0 aliphatic carbocycles. The van der Waals surface area contributed by atoms with Gasteiger partial charge in [-0.05, 0) is 43.0 Å². The summed E-state index contributed by atoms with van der Waals surface area (Å²) < 4.78 is 5.44. The van der Waals surface area contributed by atoms with Crippen LogP contribution in [0.15, 0.2) is 23.6 Å². The van der Waals surface area contributed by atoms with E-state index >= 15 is 0 Å². The summed E-state index contributed by atoms with van der Waals surface area (Å²) in [5.74, 6) is 0.516. The third-order valence-corrected chi connectivity index (χ3v) is 5.79. The molecule has 2 aliphatic rings. The fourth-order valence-electron chi connectivity index (χ4n) is 3.41. The van der Waals surface area contributed by atoms with Gasteiger partial charge in [0.1, 0.15) is 0 Å². The molecule has 4 rings (SSSR count). The Labute approximate surface area is 140 Å². The fourth-order valence-corrected chi connectivity index (χ4v) is 4.34. The Morgan fingerprint density at radius 3 is 3.04 bits per heavy atom. The van der Waals surface area contributed by atoms with E-state index in [0.717, 1.165) is 42.8 Å². The zero-order chi connectivity index (χ0) is 15.8. The molecule has 0 unspecified atom stereocenters. The second-order valence-corrected chi connectivity index (χ2v) is 7.28. The van der Waals surface area contributed by atoms with Crippen LogP contribution in [0.3, 0.4) is 0 Å². The zero-order valence-electron chi connectivity index (χ0n) is 13.2. The third kappa shape index (κ3) is 2.91. The number of aromatic nitrogens is 1. The number of fused-ring (bicyclic) bond motifs is 1. The summed E-state index contributed by atoms with van der Waals surface area (Å²) in [6.45, 7) is 4.93. The van der Waals surface area contributed by atoms with Crippen LogP contribution in [0.25, 0.3) is 0 Å². The first kappa shape index (κ1) is 14.8. The normalized spacial score (nSPS) is 20.6. The topological polar surface area (TPSA) is 42.4 Å². The molecular weight excluding hydrogens is 308 g/mol. The number of likely N-dealkylation sites (tertiary alicyclic amines) is 1. The van der Waals surface area contributed by atoms with Crippen molar-refractivity contribution in [2.75, 3.05) is 13.1 Å². The van der Waals surface area contributed by atoms with Crippen molar-refractivity contribution in [3.8, 4) is 0 Å². The van der Waals surface area contributed by atoms with E-state index < -0.39 is 0 Å². The number of hydrogen-bond donors (Lipinski definition) is 0. The Bertz CT molecular complexity index is 740. The predicted octanol–water partition coefficient (Wildman–Crippen LogP) is 3.50. The highest BCUT2D eigenvalue weighted by Gasteiger charge is 2.27. The first-order valence-corrected chi connectivity index (χ1v) is 8.99. The molecule has 2 aromatic rings. The van der Waals surface area contributed by atoms with Crippen molar-refractivity contribution >= 4 is 17.2 Å². The van der Waals surface area contributed by atoms with E-state index in [1.54, 1.807) is 11.3 Å². The molecule has 1 amide bonds. The Morgan fingerprint density at radius 1 is 1.35 bits per heavy atom. The van der Waals surface area contributed by atoms with Gasteiger partial charge < -0.3 is 9.64 Å². The molecule has 0 bridgehead atoms. The Kier molecular flexibility index (Phi) is 3.91. The number of carbonyl (C=O) groups excluding carboxylic acids is 1. The number of nitrogens with zero attached hydrogens (tertiary/aromatic N) is 2. The standard InChI is InChI=1S/C18H20N2O2S/c1-12-11-23-17(19-12)14-3-2-6-20(8-14)18(21)13-4-5-15-9-22-10-16(15)7-13/h4-5,7,11,14H,2-3,6,8-10H2,1H3/t14-/m0/s1. The summed E-state index contributed by atoms with van der Waals surface area (Å²) in [6, 6.07) is 5.97. The summed E-state index contributed by atoms with van der Waals surface area (Å²) in [4.78, 5) is 19.5. The van der Waals surface area contributed by atoms with Crippen LogP contribution in [0, 0.1) is 6.92 Å². The zero-order valence-corrected chi connectivity index (χ0v) is 14.1. The predicted molar refractivity (Wildman–Crippen MR) is 89.7 cm³/mol. The van der Waals surface area contributed by atoms with Gasteiger partial charge in [0.15, 0.2) is 0 Å². The Morgan fingerprint density at radius 2 is 2.22 bits per heavy atom. The average molecular weight is 328 g/mol. The van der Waals surface area contributed by atoms with Crippen molar-refractivity contribution in [1.82, 2.24) is 9.88 Å². The van der Waals surface area contributed by atoms with E-state index in [1.165, 1.54) is 10.6 Å². The number of amides is 1. The molecule has 1 fully saturated rings. The summed E-state index contributed by atoms with van der Waals surface area (Å²) in [5, 5.41) is 3.26. The van der Waals surface area contributed by atoms with Crippen LogP contribution in [0.4, 0.5) is 0 Å². The van der Waals surface area contributed by atoms with Crippen molar-refractivity contribution in [3.63, 3.8) is 0 Å². The van der Waals surface area contributed by atoms with Gasteiger partial charge in [0, 0.05) is 35.6 Å². The number of benzene rings is 1. The van der Waals surface area contributed by atoms with Gasteiger partial charge in [0.05, 0.1) is 18.2 Å². The summed E-state index contributed by atoms with van der Waals surface area (Å²) in [6.07, 6.45) is 2.16. The van der Waals surface area contributed by atoms with Gasteiger partial charge in [-0.3, -0.25) is 4.79 Å². The van der Waals surface area contributed by atoms with Crippen LogP contribution in [-0.4, -0.2) is 28.9 Å². The van der Waals surface area contributed by atoms with Crippen LogP contribution in [0.1, 0.15) is 50.9 Å². The minimum Gasteiger partial charge on any atom is -0.372 e. The first-order valence-electron chi connectivity index (χ1n) is 8.11. The monoisotopic (exact) mass is 328 g/mol. The average Bonchev–Trinajstić information content (AvgIpc) is 3.22. The van der Waals surface area contributed by atoms with Crippen LogP contribution in [0.5, 0.6) is 0 Å². The molecule has 0 spiro atoms. The van der Waals surface area contributed by atoms with Crippen molar-refractivity contribution in [2.24, 2.45) is 0 Å². The molecule has 0 saturated carbocycles. The number of carbonyl (C=O) groups is 1. The molecule has 2 aliphatic heterocycles. The minimum atomic E-state index is 0.137. The van der Waals surface area contributed by atoms with Gasteiger partial charge >= 0.3 is 0 Å². The van der Waals surface area contributed by atoms with Crippen LogP contribution in [0.2, 0.25) is 0 Å². The van der Waals surface area contributed by atoms with E-state index in [-0.39, 0.29) is 5.91 Å². The van der Waals surface area contributed by atoms with Crippen LogP contribution in [-0.2, 0) is 18.0 Å². The molecule has 1 aromatic carbocycles. The van der Waals surface area contributed by atoms with E-state index in [4.69, 9.17) is 4.74 Å². The van der Waals surface area contributed by atoms with Crippen LogP contribution < -0.4 is 0 Å². The maximum atomic E-state index is 12.8. The Balaban J connectivity index is 1.51. The van der Waals surface area contributed by atoms with Gasteiger partial charge in [-0.2, -0.15) is 0 Å². The number of piperidine rings is 1. The van der Waals surface area contributed by atoms with Crippen molar-refractivity contribution in [1.29, 1.82) is 0 Å². The van der Waals surface area contributed by atoms with Gasteiger partial charge in [-0.1, -0.05) is 6.07 Å². The second-order valence-electron chi connectivity index (χ2n) is 6.39. The van der Waals surface area contributed by atoms with E-state index in [1.807, 2.05) is 30.0 Å². The maximum Gasteiger partial charge on any atom is 0.253 e. The molecule has 0 N–H and O–H groups in total. The fraction of sp³-hybridized carbons (Fsp3) is 0.444. The highest BCUT2D eigenvalue weighted by Crippen LogP contribution is 2.30. The molecule has 1 saturated heterocycles. The van der Waals surface area contributed by atoms with Gasteiger partial charge in [-0.15, -0.1) is 11.3 Å². The van der Waals surface area contributed by atoms with Crippen molar-refractivity contribution in [2.45, 2.75) is 38.9 Å². The third-order valence-electron chi connectivity index (χ3n) is 4.66. The first-order chi connectivity index (χ1) is 11.2. The second kappa shape index (κ2) is 6.06. The molecule has 1 atom stereocenters. The number of ether oxygens (including phenoxy) is 1. The van der Waals surface area contributed by atoms with Crippen molar-refractivity contribution in [3.05, 3.63) is 51.0 Å². The van der Waals surface area contributed by atoms with E-state index in [9.17, 15) is 4.79 Å². The highest BCUT2D eigenvalue weighted by atomic mass is 32.1. The van der Waals surface area contributed by atoms with Crippen LogP contribution >= 0.6 is 11.3 Å². The Hall–Kier alpha value is -1.72. The maximum absolute atomic E-state index is 12.8. The van der Waals surface area contributed by atoms with E-state index in [2.05, 4.69) is 10.4 Å². The largest absolute Gasteiger partial charge is 0.372 e. The summed E-state index contributed by atoms with van der Waals surface area (Å²) in [7, 11) is 0. The number of rotatable bonds is 2. The molecule has 120 valence electrons. The lowest BCUT2D eigenvalue weighted by molar-refractivity contribution is 0.0707. The molecular formula is C18H20N2O2S. The van der Waals surface area contributed by atoms with Gasteiger partial charge in [0.25, 0.3) is 5.91 Å². The molecule has 1 aromatic heterocycles. The lowest BCUT2D eigenvalue weighted by atomic mass is 9.97. The highest BCUT2D eigenvalue weighted by molar-refractivity contribution is 7.09. The summed E-state index contributed by atoms with van der Waals surface area (Å²) >= 11 is 1.72. The lowest BCUT2D eigenvalue weighted by Crippen LogP contribution is -2.39. The SMILES string of the molecule is Cc1csc([C@H]2CCCN(C(=O)c3ccc4c(c3)COC4)C2)n1. The molecule has 4 nitrogen and oxygen atoms in total. The number of aryl methyl sites for hydroxylation is 1. The molecule has 3 heterocycles. The minimum absolute atomic E-state index is 0.137. The van der Waals surface area contributed by atoms with E-state index in [0.29, 0.717) is 19.1 Å². The molecule has 0 radical (unpaired) electrons. The quantitative estimate of drug-likeness (QED) is 0.847. The number of hydrogen-bond acceptors (Lipinski definition) is 4. The van der Waals surface area contributed by atoms with Gasteiger partial charge in [0.2, 0.25) is 0 Å². The molecule has 23 heavy (non-hydrogen) atoms. The molecule has 5 heteroatoms. The lowest BCUT2D eigenvalue weighted by Gasteiger charge is -2.32. The van der Waals surface area contributed by atoms with Crippen molar-refractivity contribution < 1.29 is 9.53 Å². The summed E-state index contributed by atoms with van der Waals surface area (Å²) in [5.41, 5.74) is 4.22. The van der Waals surface area contributed by atoms with Gasteiger partial charge in [-0.25, -0.2) is 4.98 Å². The smallest absolute Gasteiger partial charge is 0.253 e. The number of thiazole rings is 1.